The topological polar surface area (TPSA) is 46.3 Å². The fraction of sp³-hybridized carbons (Fsp3) is 0.933. The molecule has 0 aromatic heterocycles. The number of hydrogen-bond donors (Lipinski definition) is 1. The molecule has 3 fully saturated rings. The molecular weight excluding hydrogens is 224 g/mol. The molecule has 1 aliphatic heterocycles. The highest BCUT2D eigenvalue weighted by molar-refractivity contribution is 5.79. The van der Waals surface area contributed by atoms with Crippen molar-refractivity contribution in [2.45, 2.75) is 51.5 Å². The van der Waals surface area contributed by atoms with E-state index in [0.29, 0.717) is 11.8 Å². The predicted octanol–water partition coefficient (Wildman–Crippen LogP) is 2.01. The van der Waals surface area contributed by atoms with E-state index in [0.717, 1.165) is 44.2 Å². The van der Waals surface area contributed by atoms with Crippen molar-refractivity contribution in [3.05, 3.63) is 0 Å². The Hall–Kier alpha value is -0.570. The number of fused-ring (bicyclic) bond motifs is 1. The first-order valence-electron chi connectivity index (χ1n) is 7.71. The Morgan fingerprint density at radius 2 is 1.67 bits per heavy atom. The lowest BCUT2D eigenvalue weighted by molar-refractivity contribution is -0.137. The van der Waals surface area contributed by atoms with Gasteiger partial charge in [-0.15, -0.1) is 0 Å². The fourth-order valence-corrected chi connectivity index (χ4v) is 4.40. The summed E-state index contributed by atoms with van der Waals surface area (Å²) in [5.74, 6) is 2.59. The Kier molecular flexibility index (Phi) is 3.35. The minimum absolute atomic E-state index is 0.201. The Morgan fingerprint density at radius 1 is 1.06 bits per heavy atom. The monoisotopic (exact) mass is 250 g/mol. The van der Waals surface area contributed by atoms with Crippen molar-refractivity contribution in [2.24, 2.45) is 29.4 Å². The van der Waals surface area contributed by atoms with Crippen LogP contribution in [0.1, 0.15) is 45.4 Å². The summed E-state index contributed by atoms with van der Waals surface area (Å²) in [6.07, 6.45) is 7.34. The lowest BCUT2D eigenvalue weighted by atomic mass is 9.76. The van der Waals surface area contributed by atoms with Crippen LogP contribution in [0.5, 0.6) is 0 Å². The number of hydrogen-bond acceptors (Lipinski definition) is 2. The molecule has 3 heteroatoms. The first-order chi connectivity index (χ1) is 8.66. The first-order valence-corrected chi connectivity index (χ1v) is 7.71. The molecule has 0 bridgehead atoms. The van der Waals surface area contributed by atoms with Gasteiger partial charge < -0.3 is 10.6 Å². The molecule has 5 atom stereocenters. The third-order valence-electron chi connectivity index (χ3n) is 5.72. The Balaban J connectivity index is 1.64. The molecule has 1 heterocycles. The van der Waals surface area contributed by atoms with E-state index in [1.54, 1.807) is 0 Å². The summed E-state index contributed by atoms with van der Waals surface area (Å²) in [6, 6.07) is 0.231. The van der Waals surface area contributed by atoms with Crippen LogP contribution in [-0.2, 0) is 4.79 Å². The number of carbonyl (C=O) groups is 1. The van der Waals surface area contributed by atoms with Gasteiger partial charge in [0, 0.05) is 25.0 Å². The van der Waals surface area contributed by atoms with E-state index in [4.69, 9.17) is 5.73 Å². The fourth-order valence-electron chi connectivity index (χ4n) is 4.40. The van der Waals surface area contributed by atoms with E-state index in [-0.39, 0.29) is 12.0 Å². The first kappa shape index (κ1) is 12.5. The average molecular weight is 250 g/mol. The summed E-state index contributed by atoms with van der Waals surface area (Å²) in [7, 11) is 0. The molecule has 3 nitrogen and oxygen atoms in total. The van der Waals surface area contributed by atoms with Gasteiger partial charge in [-0.25, -0.2) is 0 Å². The molecule has 2 N–H and O–H groups in total. The molecule has 102 valence electrons. The smallest absolute Gasteiger partial charge is 0.226 e. The maximum Gasteiger partial charge on any atom is 0.226 e. The van der Waals surface area contributed by atoms with E-state index in [1.165, 1.54) is 19.3 Å². The second kappa shape index (κ2) is 4.84. The van der Waals surface area contributed by atoms with Gasteiger partial charge in [-0.2, -0.15) is 0 Å². The second-order valence-corrected chi connectivity index (χ2v) is 6.75. The van der Waals surface area contributed by atoms with Gasteiger partial charge in [-0.3, -0.25) is 4.79 Å². The largest absolute Gasteiger partial charge is 0.342 e. The third-order valence-corrected chi connectivity index (χ3v) is 5.72. The van der Waals surface area contributed by atoms with E-state index in [9.17, 15) is 4.79 Å². The summed E-state index contributed by atoms with van der Waals surface area (Å²) in [6.45, 7) is 4.23. The molecule has 3 aliphatic rings. The molecule has 2 saturated carbocycles. The van der Waals surface area contributed by atoms with Crippen LogP contribution in [-0.4, -0.2) is 29.9 Å². The summed E-state index contributed by atoms with van der Waals surface area (Å²) in [5, 5.41) is 0. The molecule has 0 radical (unpaired) electrons. The zero-order valence-electron chi connectivity index (χ0n) is 11.5. The standard InChI is InChI=1S/C15H26N2O/c1-10-13(6-3-7-14(10)16)15(18)17-8-11-4-2-5-12(11)9-17/h10-14H,2-9,16H2,1H3. The molecule has 2 aliphatic carbocycles. The highest BCUT2D eigenvalue weighted by Gasteiger charge is 2.42. The van der Waals surface area contributed by atoms with Gasteiger partial charge in [0.15, 0.2) is 0 Å². The molecule has 18 heavy (non-hydrogen) atoms. The predicted molar refractivity (Wildman–Crippen MR) is 71.9 cm³/mol. The molecular formula is C15H26N2O. The number of carbonyl (C=O) groups excluding carboxylic acids is 1. The van der Waals surface area contributed by atoms with Crippen molar-refractivity contribution in [1.82, 2.24) is 4.90 Å². The van der Waals surface area contributed by atoms with Crippen LogP contribution in [0.15, 0.2) is 0 Å². The van der Waals surface area contributed by atoms with Crippen LogP contribution in [0, 0.1) is 23.7 Å². The summed E-state index contributed by atoms with van der Waals surface area (Å²) >= 11 is 0. The molecule has 3 rings (SSSR count). The van der Waals surface area contributed by atoms with Crippen LogP contribution >= 0.6 is 0 Å². The number of amides is 1. The number of likely N-dealkylation sites (tertiary alicyclic amines) is 1. The van der Waals surface area contributed by atoms with E-state index in [2.05, 4.69) is 11.8 Å². The molecule has 5 unspecified atom stereocenters. The molecule has 1 saturated heterocycles. The minimum atomic E-state index is 0.201. The SMILES string of the molecule is CC1C(N)CCCC1C(=O)N1CC2CCCC2C1. The maximum absolute atomic E-state index is 12.7. The van der Waals surface area contributed by atoms with Gasteiger partial charge >= 0.3 is 0 Å². The van der Waals surface area contributed by atoms with Crippen LogP contribution in [0.3, 0.4) is 0 Å². The minimum Gasteiger partial charge on any atom is -0.342 e. The van der Waals surface area contributed by atoms with E-state index >= 15 is 0 Å². The van der Waals surface area contributed by atoms with Crippen molar-refractivity contribution in [3.63, 3.8) is 0 Å². The average Bonchev–Trinajstić information content (AvgIpc) is 2.92. The van der Waals surface area contributed by atoms with Crippen LogP contribution in [0.4, 0.5) is 0 Å². The zero-order chi connectivity index (χ0) is 12.7. The Morgan fingerprint density at radius 3 is 2.33 bits per heavy atom. The highest BCUT2D eigenvalue weighted by atomic mass is 16.2. The van der Waals surface area contributed by atoms with Gasteiger partial charge in [0.05, 0.1) is 0 Å². The summed E-state index contributed by atoms with van der Waals surface area (Å²) in [5.41, 5.74) is 6.13. The van der Waals surface area contributed by atoms with Gasteiger partial charge in [-0.05, 0) is 43.4 Å². The highest BCUT2D eigenvalue weighted by Crippen LogP contribution is 2.39. The number of rotatable bonds is 1. The van der Waals surface area contributed by atoms with Crippen molar-refractivity contribution in [1.29, 1.82) is 0 Å². The maximum atomic E-state index is 12.7. The van der Waals surface area contributed by atoms with Crippen molar-refractivity contribution >= 4 is 5.91 Å². The zero-order valence-corrected chi connectivity index (χ0v) is 11.5. The summed E-state index contributed by atoms with van der Waals surface area (Å²) in [4.78, 5) is 14.8. The third kappa shape index (κ3) is 2.07. The lowest BCUT2D eigenvalue weighted by Gasteiger charge is -2.35. The molecule has 0 aromatic rings. The van der Waals surface area contributed by atoms with E-state index in [1.807, 2.05) is 0 Å². The second-order valence-electron chi connectivity index (χ2n) is 6.75. The lowest BCUT2D eigenvalue weighted by Crippen LogP contribution is -2.45. The number of nitrogens with zero attached hydrogens (tertiary/aromatic N) is 1. The van der Waals surface area contributed by atoms with E-state index < -0.39 is 0 Å². The quantitative estimate of drug-likeness (QED) is 0.774. The summed E-state index contributed by atoms with van der Waals surface area (Å²) < 4.78 is 0. The normalized spacial score (nSPS) is 44.1. The number of nitrogens with two attached hydrogens (primary N) is 1. The van der Waals surface area contributed by atoms with Crippen molar-refractivity contribution in [3.8, 4) is 0 Å². The van der Waals surface area contributed by atoms with Crippen LogP contribution in [0.2, 0.25) is 0 Å². The van der Waals surface area contributed by atoms with Gasteiger partial charge in [0.2, 0.25) is 5.91 Å². The van der Waals surface area contributed by atoms with Crippen LogP contribution in [0.25, 0.3) is 0 Å². The Bertz CT molecular complexity index is 318. The molecule has 0 spiro atoms. The van der Waals surface area contributed by atoms with Crippen molar-refractivity contribution < 1.29 is 4.79 Å². The van der Waals surface area contributed by atoms with Crippen molar-refractivity contribution in [2.75, 3.05) is 13.1 Å². The molecule has 0 aromatic carbocycles. The molecule has 1 amide bonds. The van der Waals surface area contributed by atoms with Gasteiger partial charge in [0.1, 0.15) is 0 Å². The van der Waals surface area contributed by atoms with Gasteiger partial charge in [-0.1, -0.05) is 19.8 Å². The Labute approximate surface area is 110 Å². The van der Waals surface area contributed by atoms with Crippen LogP contribution < -0.4 is 5.73 Å². The van der Waals surface area contributed by atoms with Gasteiger partial charge in [0.25, 0.3) is 0 Å².